The van der Waals surface area contributed by atoms with Gasteiger partial charge in [-0.25, -0.2) is 4.39 Å². The number of carbonyl (C=O) groups is 1. The van der Waals surface area contributed by atoms with Gasteiger partial charge in [-0.3, -0.25) is 4.79 Å². The molecule has 21 heavy (non-hydrogen) atoms. The standard InChI is InChI=1S/C18H18FNO/c19-17-8-5-14(6-9-17)7-10-18(21)20-12-11-15-3-1-2-4-16(15)13-20/h1-6,8-9H,7,10-13H2. The lowest BCUT2D eigenvalue weighted by Crippen LogP contribution is -2.36. The minimum Gasteiger partial charge on any atom is -0.338 e. The van der Waals surface area contributed by atoms with Crippen molar-refractivity contribution in [3.63, 3.8) is 0 Å². The summed E-state index contributed by atoms with van der Waals surface area (Å²) in [5.74, 6) is -0.0634. The summed E-state index contributed by atoms with van der Waals surface area (Å²) in [5.41, 5.74) is 3.60. The Morgan fingerprint density at radius 1 is 1.05 bits per heavy atom. The quantitative estimate of drug-likeness (QED) is 0.846. The molecule has 0 aromatic heterocycles. The van der Waals surface area contributed by atoms with Crippen LogP contribution in [0.1, 0.15) is 23.1 Å². The first-order valence-corrected chi connectivity index (χ1v) is 7.31. The molecule has 0 bridgehead atoms. The van der Waals surface area contributed by atoms with E-state index in [2.05, 4.69) is 12.1 Å². The minimum atomic E-state index is -0.238. The van der Waals surface area contributed by atoms with Crippen LogP contribution in [0, 0.1) is 5.82 Å². The van der Waals surface area contributed by atoms with Gasteiger partial charge in [-0.2, -0.15) is 0 Å². The summed E-state index contributed by atoms with van der Waals surface area (Å²) in [6.45, 7) is 1.50. The molecule has 0 spiro atoms. The van der Waals surface area contributed by atoms with Crippen molar-refractivity contribution in [3.8, 4) is 0 Å². The molecule has 1 heterocycles. The van der Waals surface area contributed by atoms with E-state index in [-0.39, 0.29) is 11.7 Å². The highest BCUT2D eigenvalue weighted by atomic mass is 19.1. The molecule has 0 fully saturated rings. The van der Waals surface area contributed by atoms with E-state index >= 15 is 0 Å². The second-order valence-electron chi connectivity index (χ2n) is 5.46. The molecular formula is C18H18FNO. The maximum Gasteiger partial charge on any atom is 0.223 e. The number of amides is 1. The second kappa shape index (κ2) is 6.08. The number of hydrogen-bond acceptors (Lipinski definition) is 1. The molecule has 0 saturated carbocycles. The zero-order valence-electron chi connectivity index (χ0n) is 11.9. The van der Waals surface area contributed by atoms with Gasteiger partial charge in [0.05, 0.1) is 0 Å². The topological polar surface area (TPSA) is 20.3 Å². The van der Waals surface area contributed by atoms with Gasteiger partial charge in [-0.15, -0.1) is 0 Å². The van der Waals surface area contributed by atoms with Crippen molar-refractivity contribution in [1.29, 1.82) is 0 Å². The van der Waals surface area contributed by atoms with E-state index < -0.39 is 0 Å². The van der Waals surface area contributed by atoms with Gasteiger partial charge in [0.1, 0.15) is 5.82 Å². The summed E-state index contributed by atoms with van der Waals surface area (Å²) in [4.78, 5) is 14.2. The maximum atomic E-state index is 12.8. The van der Waals surface area contributed by atoms with Crippen LogP contribution < -0.4 is 0 Å². The Kier molecular flexibility index (Phi) is 4.00. The SMILES string of the molecule is O=C(CCc1ccc(F)cc1)N1CCc2ccccc2C1. The summed E-state index contributed by atoms with van der Waals surface area (Å²) >= 11 is 0. The molecule has 0 radical (unpaired) electrons. The van der Waals surface area contributed by atoms with Crippen LogP contribution in [-0.4, -0.2) is 17.4 Å². The van der Waals surface area contributed by atoms with Crippen LogP contribution >= 0.6 is 0 Å². The predicted octanol–water partition coefficient (Wildman–Crippen LogP) is 3.34. The zero-order chi connectivity index (χ0) is 14.7. The minimum absolute atomic E-state index is 0.175. The van der Waals surface area contributed by atoms with Crippen LogP contribution in [0.25, 0.3) is 0 Å². The average Bonchev–Trinajstić information content (AvgIpc) is 2.53. The fourth-order valence-electron chi connectivity index (χ4n) is 2.77. The Bertz CT molecular complexity index is 636. The van der Waals surface area contributed by atoms with Gasteiger partial charge in [-0.05, 0) is 41.7 Å². The first-order chi connectivity index (χ1) is 10.2. The number of carbonyl (C=O) groups excluding carboxylic acids is 1. The molecule has 0 aliphatic carbocycles. The van der Waals surface area contributed by atoms with Crippen LogP contribution in [0.2, 0.25) is 0 Å². The fraction of sp³-hybridized carbons (Fsp3) is 0.278. The van der Waals surface area contributed by atoms with E-state index in [1.807, 2.05) is 17.0 Å². The normalized spacial score (nSPS) is 13.9. The van der Waals surface area contributed by atoms with Crippen molar-refractivity contribution in [2.45, 2.75) is 25.8 Å². The Labute approximate surface area is 124 Å². The van der Waals surface area contributed by atoms with Crippen molar-refractivity contribution in [3.05, 3.63) is 71.0 Å². The van der Waals surface area contributed by atoms with E-state index in [0.29, 0.717) is 19.4 Å². The molecule has 0 saturated heterocycles. The Hall–Kier alpha value is -2.16. The molecule has 108 valence electrons. The van der Waals surface area contributed by atoms with Crippen LogP contribution in [0.3, 0.4) is 0 Å². The zero-order valence-corrected chi connectivity index (χ0v) is 11.9. The molecule has 3 heteroatoms. The van der Waals surface area contributed by atoms with Gasteiger partial charge >= 0.3 is 0 Å². The maximum absolute atomic E-state index is 12.8. The molecule has 0 atom stereocenters. The average molecular weight is 283 g/mol. The van der Waals surface area contributed by atoms with E-state index in [9.17, 15) is 9.18 Å². The molecule has 2 nitrogen and oxygen atoms in total. The molecule has 2 aromatic carbocycles. The van der Waals surface area contributed by atoms with Gasteiger partial charge in [0.25, 0.3) is 0 Å². The summed E-state index contributed by atoms with van der Waals surface area (Å²) in [6.07, 6.45) is 2.07. The van der Waals surface area contributed by atoms with Crippen molar-refractivity contribution in [1.82, 2.24) is 4.90 Å². The number of rotatable bonds is 3. The fourth-order valence-corrected chi connectivity index (χ4v) is 2.77. The second-order valence-corrected chi connectivity index (χ2v) is 5.46. The van der Waals surface area contributed by atoms with E-state index in [0.717, 1.165) is 18.5 Å². The Balaban J connectivity index is 1.58. The summed E-state index contributed by atoms with van der Waals surface area (Å²) in [5, 5.41) is 0. The number of halogens is 1. The number of aryl methyl sites for hydroxylation is 1. The van der Waals surface area contributed by atoms with Crippen molar-refractivity contribution in [2.75, 3.05) is 6.54 Å². The number of nitrogens with zero attached hydrogens (tertiary/aromatic N) is 1. The summed E-state index contributed by atoms with van der Waals surface area (Å²) in [6, 6.07) is 14.7. The predicted molar refractivity (Wildman–Crippen MR) is 80.3 cm³/mol. The lowest BCUT2D eigenvalue weighted by atomic mass is 9.99. The number of fused-ring (bicyclic) bond motifs is 1. The van der Waals surface area contributed by atoms with E-state index in [1.165, 1.54) is 23.3 Å². The largest absolute Gasteiger partial charge is 0.338 e. The third kappa shape index (κ3) is 3.30. The highest BCUT2D eigenvalue weighted by Gasteiger charge is 2.19. The molecule has 3 rings (SSSR count). The third-order valence-corrected chi connectivity index (χ3v) is 4.02. The lowest BCUT2D eigenvalue weighted by molar-refractivity contribution is -0.132. The highest BCUT2D eigenvalue weighted by molar-refractivity contribution is 5.76. The molecule has 0 N–H and O–H groups in total. The van der Waals surface area contributed by atoms with Crippen LogP contribution in [-0.2, 0) is 24.2 Å². The summed E-state index contributed by atoms with van der Waals surface area (Å²) < 4.78 is 12.8. The third-order valence-electron chi connectivity index (χ3n) is 4.02. The smallest absolute Gasteiger partial charge is 0.223 e. The molecule has 1 amide bonds. The van der Waals surface area contributed by atoms with E-state index in [4.69, 9.17) is 0 Å². The molecular weight excluding hydrogens is 265 g/mol. The van der Waals surface area contributed by atoms with Crippen LogP contribution in [0.5, 0.6) is 0 Å². The van der Waals surface area contributed by atoms with Crippen molar-refractivity contribution >= 4 is 5.91 Å². The van der Waals surface area contributed by atoms with Gasteiger partial charge in [0.2, 0.25) is 5.91 Å². The monoisotopic (exact) mass is 283 g/mol. The molecule has 0 unspecified atom stereocenters. The lowest BCUT2D eigenvalue weighted by Gasteiger charge is -2.29. The molecule has 2 aromatic rings. The van der Waals surface area contributed by atoms with Gasteiger partial charge in [0.15, 0.2) is 0 Å². The Morgan fingerprint density at radius 3 is 2.52 bits per heavy atom. The highest BCUT2D eigenvalue weighted by Crippen LogP contribution is 2.19. The first-order valence-electron chi connectivity index (χ1n) is 7.31. The number of benzene rings is 2. The van der Waals surface area contributed by atoms with Crippen molar-refractivity contribution in [2.24, 2.45) is 0 Å². The van der Waals surface area contributed by atoms with Gasteiger partial charge in [-0.1, -0.05) is 36.4 Å². The first kappa shape index (κ1) is 13.8. The van der Waals surface area contributed by atoms with Crippen molar-refractivity contribution < 1.29 is 9.18 Å². The summed E-state index contributed by atoms with van der Waals surface area (Å²) in [7, 11) is 0. The molecule has 1 aliphatic rings. The number of hydrogen-bond donors (Lipinski definition) is 0. The van der Waals surface area contributed by atoms with Gasteiger partial charge in [0, 0.05) is 19.5 Å². The molecule has 1 aliphatic heterocycles. The van der Waals surface area contributed by atoms with Crippen LogP contribution in [0.4, 0.5) is 4.39 Å². The Morgan fingerprint density at radius 2 is 1.76 bits per heavy atom. The van der Waals surface area contributed by atoms with E-state index in [1.54, 1.807) is 12.1 Å². The van der Waals surface area contributed by atoms with Crippen LogP contribution in [0.15, 0.2) is 48.5 Å². The van der Waals surface area contributed by atoms with Gasteiger partial charge < -0.3 is 4.90 Å².